The zero-order valence-corrected chi connectivity index (χ0v) is 14.5. The van der Waals surface area contributed by atoms with Crippen LogP contribution in [-0.4, -0.2) is 28.7 Å². The van der Waals surface area contributed by atoms with Gasteiger partial charge in [-0.3, -0.25) is 14.5 Å². The Balaban J connectivity index is 2.23. The average Bonchev–Trinajstić information content (AvgIpc) is 2.70. The molecule has 0 saturated carbocycles. The number of halogens is 1. The Morgan fingerprint density at radius 2 is 2.18 bits per heavy atom. The van der Waals surface area contributed by atoms with Crippen molar-refractivity contribution in [1.29, 1.82) is 0 Å². The highest BCUT2D eigenvalue weighted by Crippen LogP contribution is 2.33. The van der Waals surface area contributed by atoms with E-state index in [9.17, 15) is 9.59 Å². The number of benzene rings is 1. The Labute approximate surface area is 142 Å². The van der Waals surface area contributed by atoms with Crippen molar-refractivity contribution in [2.75, 3.05) is 6.54 Å². The van der Waals surface area contributed by atoms with Crippen molar-refractivity contribution in [2.45, 2.75) is 20.0 Å². The van der Waals surface area contributed by atoms with Crippen LogP contribution in [0.1, 0.15) is 19.4 Å². The summed E-state index contributed by atoms with van der Waals surface area (Å²) in [5.74, 6) is 2.68. The summed E-state index contributed by atoms with van der Waals surface area (Å²) in [5.41, 5.74) is 0.800. The summed E-state index contributed by atoms with van der Waals surface area (Å²) < 4.78 is 6.42. The van der Waals surface area contributed by atoms with Gasteiger partial charge in [-0.25, -0.2) is 0 Å². The number of carbonyl (C=O) groups excluding carboxylic acids is 2. The van der Waals surface area contributed by atoms with E-state index in [1.54, 1.807) is 6.08 Å². The molecule has 0 radical (unpaired) electrons. The van der Waals surface area contributed by atoms with E-state index >= 15 is 0 Å². The number of carbonyl (C=O) groups is 2. The molecular formula is C16H14BrNO3S. The number of hydrogen-bond acceptors (Lipinski definition) is 4. The van der Waals surface area contributed by atoms with E-state index in [2.05, 4.69) is 21.9 Å². The first-order chi connectivity index (χ1) is 10.4. The van der Waals surface area contributed by atoms with E-state index in [-0.39, 0.29) is 23.8 Å². The van der Waals surface area contributed by atoms with Crippen LogP contribution in [-0.2, 0) is 4.79 Å². The molecule has 0 bridgehead atoms. The molecule has 114 valence electrons. The number of thioether (sulfide) groups is 1. The largest absolute Gasteiger partial charge is 0.490 e. The Morgan fingerprint density at radius 1 is 1.45 bits per heavy atom. The number of amides is 2. The highest BCUT2D eigenvalue weighted by atomic mass is 79.9. The molecule has 0 aliphatic carbocycles. The van der Waals surface area contributed by atoms with Crippen LogP contribution < -0.4 is 4.74 Å². The van der Waals surface area contributed by atoms with Crippen LogP contribution in [0.3, 0.4) is 0 Å². The van der Waals surface area contributed by atoms with Gasteiger partial charge >= 0.3 is 0 Å². The second-order valence-electron chi connectivity index (χ2n) is 4.83. The van der Waals surface area contributed by atoms with Gasteiger partial charge in [0.2, 0.25) is 0 Å². The zero-order valence-electron chi connectivity index (χ0n) is 12.1. The van der Waals surface area contributed by atoms with Crippen molar-refractivity contribution in [2.24, 2.45) is 0 Å². The van der Waals surface area contributed by atoms with Crippen molar-refractivity contribution in [1.82, 2.24) is 4.90 Å². The Hall–Kier alpha value is -1.71. The van der Waals surface area contributed by atoms with Crippen LogP contribution in [0.5, 0.6) is 5.75 Å². The summed E-state index contributed by atoms with van der Waals surface area (Å²) in [4.78, 5) is 25.2. The van der Waals surface area contributed by atoms with Crippen LogP contribution in [0.25, 0.3) is 6.08 Å². The number of imide groups is 1. The van der Waals surface area contributed by atoms with Gasteiger partial charge < -0.3 is 4.74 Å². The predicted octanol–water partition coefficient (Wildman–Crippen LogP) is 3.91. The molecule has 4 nitrogen and oxygen atoms in total. The molecule has 2 amide bonds. The first kappa shape index (κ1) is 16.7. The minimum Gasteiger partial charge on any atom is -0.490 e. The molecule has 1 aromatic carbocycles. The van der Waals surface area contributed by atoms with E-state index in [1.807, 2.05) is 32.0 Å². The van der Waals surface area contributed by atoms with Gasteiger partial charge in [-0.05, 0) is 65.3 Å². The maximum atomic E-state index is 12.1. The minimum absolute atomic E-state index is 0.00708. The van der Waals surface area contributed by atoms with Crippen LogP contribution >= 0.6 is 27.7 Å². The number of terminal acetylenes is 1. The second-order valence-corrected chi connectivity index (χ2v) is 6.68. The van der Waals surface area contributed by atoms with Gasteiger partial charge in [0, 0.05) is 0 Å². The van der Waals surface area contributed by atoms with Crippen molar-refractivity contribution in [3.63, 3.8) is 0 Å². The summed E-state index contributed by atoms with van der Waals surface area (Å²) in [7, 11) is 0. The minimum atomic E-state index is -0.355. The molecule has 0 spiro atoms. The SMILES string of the molecule is C#CCN1C(=O)S/C(=C\c2ccc(OC(C)C)c(Br)c2)C1=O. The summed E-state index contributed by atoms with van der Waals surface area (Å²) >= 11 is 4.33. The highest BCUT2D eigenvalue weighted by molar-refractivity contribution is 9.10. The smallest absolute Gasteiger partial charge is 0.294 e. The van der Waals surface area contributed by atoms with Gasteiger partial charge in [0.15, 0.2) is 0 Å². The molecule has 22 heavy (non-hydrogen) atoms. The molecule has 1 aliphatic heterocycles. The number of ether oxygens (including phenoxy) is 1. The maximum Gasteiger partial charge on any atom is 0.294 e. The van der Waals surface area contributed by atoms with Gasteiger partial charge in [0.05, 0.1) is 22.0 Å². The van der Waals surface area contributed by atoms with E-state index in [4.69, 9.17) is 11.2 Å². The fourth-order valence-corrected chi connectivity index (χ4v) is 3.16. The standard InChI is InChI=1S/C16H14BrNO3S/c1-4-7-18-15(19)14(22-16(18)20)9-11-5-6-13(12(17)8-11)21-10(2)3/h1,5-6,8-10H,7H2,2-3H3/b14-9-. The lowest BCUT2D eigenvalue weighted by atomic mass is 10.2. The van der Waals surface area contributed by atoms with Gasteiger partial charge in [-0.15, -0.1) is 6.42 Å². The van der Waals surface area contributed by atoms with Crippen LogP contribution in [0.15, 0.2) is 27.6 Å². The molecule has 1 fully saturated rings. The fraction of sp³-hybridized carbons (Fsp3) is 0.250. The molecule has 0 aromatic heterocycles. The third kappa shape index (κ3) is 3.73. The molecule has 1 saturated heterocycles. The molecule has 6 heteroatoms. The fourth-order valence-electron chi connectivity index (χ4n) is 1.84. The predicted molar refractivity (Wildman–Crippen MR) is 91.4 cm³/mol. The van der Waals surface area contributed by atoms with Gasteiger partial charge in [-0.1, -0.05) is 12.0 Å². The van der Waals surface area contributed by atoms with Gasteiger partial charge in [-0.2, -0.15) is 0 Å². The van der Waals surface area contributed by atoms with E-state index in [0.29, 0.717) is 4.91 Å². The summed E-state index contributed by atoms with van der Waals surface area (Å²) in [5, 5.41) is -0.340. The van der Waals surface area contributed by atoms with E-state index in [1.165, 1.54) is 0 Å². The summed E-state index contributed by atoms with van der Waals surface area (Å²) in [6, 6.07) is 5.49. The monoisotopic (exact) mass is 379 g/mol. The number of hydrogen-bond donors (Lipinski definition) is 0. The van der Waals surface area contributed by atoms with Crippen LogP contribution in [0, 0.1) is 12.3 Å². The third-order valence-electron chi connectivity index (χ3n) is 2.74. The quantitative estimate of drug-likeness (QED) is 0.587. The van der Waals surface area contributed by atoms with Crippen molar-refractivity contribution >= 4 is 44.9 Å². The normalized spacial score (nSPS) is 16.5. The molecule has 0 N–H and O–H groups in total. The molecule has 0 atom stereocenters. The average molecular weight is 380 g/mol. The molecule has 1 heterocycles. The Kier molecular flexibility index (Phi) is 5.33. The number of nitrogens with zero attached hydrogens (tertiary/aromatic N) is 1. The van der Waals surface area contributed by atoms with Crippen molar-refractivity contribution in [3.05, 3.63) is 33.1 Å². The molecular weight excluding hydrogens is 366 g/mol. The van der Waals surface area contributed by atoms with Gasteiger partial charge in [0.1, 0.15) is 5.75 Å². The Morgan fingerprint density at radius 3 is 2.77 bits per heavy atom. The van der Waals surface area contributed by atoms with Gasteiger partial charge in [0.25, 0.3) is 11.1 Å². The third-order valence-corrected chi connectivity index (χ3v) is 4.27. The van der Waals surface area contributed by atoms with Crippen LogP contribution in [0.2, 0.25) is 0 Å². The second kappa shape index (κ2) is 7.03. The van der Waals surface area contributed by atoms with E-state index in [0.717, 1.165) is 32.4 Å². The maximum absolute atomic E-state index is 12.1. The zero-order chi connectivity index (χ0) is 16.3. The van der Waals surface area contributed by atoms with Crippen LogP contribution in [0.4, 0.5) is 4.79 Å². The highest BCUT2D eigenvalue weighted by Gasteiger charge is 2.34. The summed E-state index contributed by atoms with van der Waals surface area (Å²) in [6.45, 7) is 3.89. The van der Waals surface area contributed by atoms with Crippen molar-refractivity contribution < 1.29 is 14.3 Å². The molecule has 1 aromatic rings. The number of rotatable bonds is 4. The summed E-state index contributed by atoms with van der Waals surface area (Å²) in [6.07, 6.45) is 6.91. The lowest BCUT2D eigenvalue weighted by Crippen LogP contribution is -2.28. The molecule has 2 rings (SSSR count). The van der Waals surface area contributed by atoms with E-state index < -0.39 is 0 Å². The molecule has 0 unspecified atom stereocenters. The van der Waals surface area contributed by atoms with Crippen molar-refractivity contribution in [3.8, 4) is 18.1 Å². The first-order valence-corrected chi connectivity index (χ1v) is 8.18. The first-order valence-electron chi connectivity index (χ1n) is 6.57. The Bertz CT molecular complexity index is 691. The molecule has 1 aliphatic rings. The topological polar surface area (TPSA) is 46.6 Å². The lowest BCUT2D eigenvalue weighted by Gasteiger charge is -2.11. The lowest BCUT2D eigenvalue weighted by molar-refractivity contribution is -0.122.